The van der Waals surface area contributed by atoms with Crippen molar-refractivity contribution >= 4 is 23.6 Å². The predicted molar refractivity (Wildman–Crippen MR) is 85.0 cm³/mol. The zero-order chi connectivity index (χ0) is 15.1. The van der Waals surface area contributed by atoms with Crippen LogP contribution in [-0.4, -0.2) is 53.9 Å². The summed E-state index contributed by atoms with van der Waals surface area (Å²) in [5.74, 6) is 0.225. The van der Waals surface area contributed by atoms with Gasteiger partial charge in [0.1, 0.15) is 0 Å². The van der Waals surface area contributed by atoms with Gasteiger partial charge >= 0.3 is 0 Å². The molecule has 21 heavy (non-hydrogen) atoms. The Bertz CT molecular complexity index is 481. The third-order valence-corrected chi connectivity index (χ3v) is 4.34. The standard InChI is InChI=1S/C15H21N3O2S/c16-14(19)10-21-11-15(20)18-7-6-17-13(9-18)8-12-4-2-1-3-5-12/h1-5,13,17H,6-11H2,(H2,16,19). The first kappa shape index (κ1) is 15.9. The Morgan fingerprint density at radius 2 is 2.05 bits per heavy atom. The van der Waals surface area contributed by atoms with Crippen LogP contribution in [0, 0.1) is 0 Å². The van der Waals surface area contributed by atoms with E-state index in [0.29, 0.717) is 12.3 Å². The van der Waals surface area contributed by atoms with Gasteiger partial charge in [-0.2, -0.15) is 0 Å². The highest BCUT2D eigenvalue weighted by Crippen LogP contribution is 2.09. The van der Waals surface area contributed by atoms with Gasteiger partial charge in [0.05, 0.1) is 11.5 Å². The summed E-state index contributed by atoms with van der Waals surface area (Å²) in [7, 11) is 0. The van der Waals surface area contributed by atoms with E-state index in [1.54, 1.807) is 0 Å². The first-order valence-electron chi connectivity index (χ1n) is 7.06. The fourth-order valence-corrected chi connectivity index (χ4v) is 3.08. The van der Waals surface area contributed by atoms with E-state index >= 15 is 0 Å². The quantitative estimate of drug-likeness (QED) is 0.790. The maximum absolute atomic E-state index is 12.1. The van der Waals surface area contributed by atoms with Gasteiger partial charge in [-0.25, -0.2) is 0 Å². The Kier molecular flexibility index (Phi) is 6.07. The molecule has 1 aliphatic heterocycles. The van der Waals surface area contributed by atoms with Crippen molar-refractivity contribution < 1.29 is 9.59 Å². The molecule has 1 saturated heterocycles. The number of rotatable bonds is 6. The van der Waals surface area contributed by atoms with Gasteiger partial charge in [0.25, 0.3) is 0 Å². The number of hydrogen-bond donors (Lipinski definition) is 2. The van der Waals surface area contributed by atoms with Crippen molar-refractivity contribution in [3.63, 3.8) is 0 Å². The van der Waals surface area contributed by atoms with Gasteiger partial charge in [-0.05, 0) is 12.0 Å². The smallest absolute Gasteiger partial charge is 0.232 e. The van der Waals surface area contributed by atoms with E-state index in [1.165, 1.54) is 17.3 Å². The molecule has 6 heteroatoms. The van der Waals surface area contributed by atoms with Crippen molar-refractivity contribution in [2.75, 3.05) is 31.1 Å². The molecule has 0 bridgehead atoms. The number of thioether (sulfide) groups is 1. The van der Waals surface area contributed by atoms with E-state index in [2.05, 4.69) is 17.4 Å². The van der Waals surface area contributed by atoms with E-state index in [9.17, 15) is 9.59 Å². The molecule has 3 N–H and O–H groups in total. The number of nitrogens with zero attached hydrogens (tertiary/aromatic N) is 1. The summed E-state index contributed by atoms with van der Waals surface area (Å²) >= 11 is 1.28. The molecule has 5 nitrogen and oxygen atoms in total. The highest BCUT2D eigenvalue weighted by molar-refractivity contribution is 8.00. The average molecular weight is 307 g/mol. The lowest BCUT2D eigenvalue weighted by molar-refractivity contribution is -0.129. The summed E-state index contributed by atoms with van der Waals surface area (Å²) < 4.78 is 0. The maximum Gasteiger partial charge on any atom is 0.232 e. The molecular formula is C15H21N3O2S. The third-order valence-electron chi connectivity index (χ3n) is 3.40. The molecule has 114 valence electrons. The second kappa shape index (κ2) is 8.05. The van der Waals surface area contributed by atoms with Crippen LogP contribution in [-0.2, 0) is 16.0 Å². The number of benzene rings is 1. The summed E-state index contributed by atoms with van der Waals surface area (Å²) in [6.07, 6.45) is 0.916. The van der Waals surface area contributed by atoms with Gasteiger partial charge in [-0.1, -0.05) is 30.3 Å². The van der Waals surface area contributed by atoms with Crippen LogP contribution in [0.3, 0.4) is 0 Å². The second-order valence-electron chi connectivity index (χ2n) is 5.14. The van der Waals surface area contributed by atoms with Gasteiger partial charge in [-0.15, -0.1) is 11.8 Å². The molecule has 0 aliphatic carbocycles. The van der Waals surface area contributed by atoms with Crippen LogP contribution >= 0.6 is 11.8 Å². The normalized spacial score (nSPS) is 18.5. The lowest BCUT2D eigenvalue weighted by atomic mass is 10.0. The summed E-state index contributed by atoms with van der Waals surface area (Å²) in [5.41, 5.74) is 6.34. The predicted octanol–water partition coefficient (Wildman–Crippen LogP) is 0.248. The van der Waals surface area contributed by atoms with Crippen LogP contribution in [0.2, 0.25) is 0 Å². The van der Waals surface area contributed by atoms with Crippen LogP contribution in [0.4, 0.5) is 0 Å². The Labute approximate surface area is 129 Å². The van der Waals surface area contributed by atoms with E-state index in [-0.39, 0.29) is 23.6 Å². The summed E-state index contributed by atoms with van der Waals surface area (Å²) in [6, 6.07) is 10.6. The molecule has 1 atom stereocenters. The summed E-state index contributed by atoms with van der Waals surface area (Å²) in [6.45, 7) is 2.25. The van der Waals surface area contributed by atoms with Crippen molar-refractivity contribution in [2.45, 2.75) is 12.5 Å². The lowest BCUT2D eigenvalue weighted by Gasteiger charge is -2.34. The molecule has 2 amide bonds. The topological polar surface area (TPSA) is 75.4 Å². The molecule has 1 aromatic carbocycles. The number of nitrogens with two attached hydrogens (primary N) is 1. The molecule has 0 radical (unpaired) electrons. The highest BCUT2D eigenvalue weighted by atomic mass is 32.2. The highest BCUT2D eigenvalue weighted by Gasteiger charge is 2.23. The fourth-order valence-electron chi connectivity index (χ4n) is 2.42. The SMILES string of the molecule is NC(=O)CSCC(=O)N1CCNC(Cc2ccccc2)C1. The largest absolute Gasteiger partial charge is 0.369 e. The number of nitrogens with one attached hydrogen (secondary N) is 1. The number of carbonyl (C=O) groups excluding carboxylic acids is 2. The molecule has 1 heterocycles. The van der Waals surface area contributed by atoms with Gasteiger partial charge in [-0.3, -0.25) is 9.59 Å². The Balaban J connectivity index is 1.80. The van der Waals surface area contributed by atoms with Crippen molar-refractivity contribution in [1.29, 1.82) is 0 Å². The molecular weight excluding hydrogens is 286 g/mol. The van der Waals surface area contributed by atoms with Gasteiger partial charge in [0.2, 0.25) is 11.8 Å². The Morgan fingerprint density at radius 3 is 2.76 bits per heavy atom. The van der Waals surface area contributed by atoms with E-state index in [0.717, 1.165) is 19.5 Å². The van der Waals surface area contributed by atoms with Crippen LogP contribution in [0.25, 0.3) is 0 Å². The van der Waals surface area contributed by atoms with Crippen LogP contribution in [0.1, 0.15) is 5.56 Å². The fraction of sp³-hybridized carbons (Fsp3) is 0.467. The maximum atomic E-state index is 12.1. The summed E-state index contributed by atoms with van der Waals surface area (Å²) in [5, 5.41) is 3.45. The first-order valence-corrected chi connectivity index (χ1v) is 8.22. The van der Waals surface area contributed by atoms with E-state index in [1.807, 2.05) is 23.1 Å². The molecule has 0 aromatic heterocycles. The van der Waals surface area contributed by atoms with Crippen LogP contribution < -0.4 is 11.1 Å². The van der Waals surface area contributed by atoms with Crippen LogP contribution in [0.15, 0.2) is 30.3 Å². The number of primary amides is 1. The zero-order valence-electron chi connectivity index (χ0n) is 12.0. The van der Waals surface area contributed by atoms with Crippen molar-refractivity contribution in [3.05, 3.63) is 35.9 Å². The molecule has 2 rings (SSSR count). The number of carbonyl (C=O) groups is 2. The first-order chi connectivity index (χ1) is 10.1. The summed E-state index contributed by atoms with van der Waals surface area (Å²) in [4.78, 5) is 24.7. The molecule has 1 fully saturated rings. The molecule has 0 saturated carbocycles. The van der Waals surface area contributed by atoms with E-state index in [4.69, 9.17) is 5.73 Å². The number of piperazine rings is 1. The van der Waals surface area contributed by atoms with Crippen LogP contribution in [0.5, 0.6) is 0 Å². The average Bonchev–Trinajstić information content (AvgIpc) is 2.48. The van der Waals surface area contributed by atoms with Crippen molar-refractivity contribution in [2.24, 2.45) is 5.73 Å². The van der Waals surface area contributed by atoms with Gasteiger partial charge in [0.15, 0.2) is 0 Å². The van der Waals surface area contributed by atoms with Crippen molar-refractivity contribution in [3.8, 4) is 0 Å². The Hall–Kier alpha value is -1.53. The molecule has 1 aliphatic rings. The molecule has 1 aromatic rings. The molecule has 0 spiro atoms. The zero-order valence-corrected chi connectivity index (χ0v) is 12.8. The van der Waals surface area contributed by atoms with Gasteiger partial charge in [0, 0.05) is 25.7 Å². The van der Waals surface area contributed by atoms with Crippen molar-refractivity contribution in [1.82, 2.24) is 10.2 Å². The molecule has 1 unspecified atom stereocenters. The van der Waals surface area contributed by atoms with Gasteiger partial charge < -0.3 is 16.0 Å². The minimum atomic E-state index is -0.380. The monoisotopic (exact) mass is 307 g/mol. The second-order valence-corrected chi connectivity index (χ2v) is 6.13. The number of hydrogen-bond acceptors (Lipinski definition) is 4. The minimum absolute atomic E-state index is 0.0841. The third kappa shape index (κ3) is 5.40. The minimum Gasteiger partial charge on any atom is -0.369 e. The number of amides is 2. The lowest BCUT2D eigenvalue weighted by Crippen LogP contribution is -2.53. The van der Waals surface area contributed by atoms with E-state index < -0.39 is 0 Å². The Morgan fingerprint density at radius 1 is 1.29 bits per heavy atom.